The Balaban J connectivity index is -0.000000130. The fourth-order valence-electron chi connectivity index (χ4n) is 1.84. The largest absolute Gasteiger partial charge is 0.393 e. The van der Waals surface area contributed by atoms with Crippen molar-refractivity contribution in [1.29, 1.82) is 0 Å². The van der Waals surface area contributed by atoms with E-state index in [2.05, 4.69) is 0 Å². The van der Waals surface area contributed by atoms with Gasteiger partial charge in [-0.15, -0.1) is 0 Å². The SMILES string of the molecule is C.CCC(O)C(C)(C)C.CC[C@@H](O)C(C)(C)C.CC[C@H](O)C(C)(C)C. The van der Waals surface area contributed by atoms with Crippen molar-refractivity contribution in [3.05, 3.63) is 0 Å². The first-order valence-corrected chi connectivity index (χ1v) is 9.49. The molecule has 0 aliphatic rings. The van der Waals surface area contributed by atoms with Gasteiger partial charge in [0.25, 0.3) is 0 Å². The first kappa shape index (κ1) is 32.5. The lowest BCUT2D eigenvalue weighted by atomic mass is 9.88. The van der Waals surface area contributed by atoms with E-state index in [1.165, 1.54) is 0 Å². The number of rotatable bonds is 3. The van der Waals surface area contributed by atoms with Crippen LogP contribution in [0.4, 0.5) is 0 Å². The van der Waals surface area contributed by atoms with Gasteiger partial charge in [-0.05, 0) is 35.5 Å². The molecule has 0 rings (SSSR count). The second-order valence-electron chi connectivity index (χ2n) is 9.87. The molecule has 0 aromatic heterocycles. The van der Waals surface area contributed by atoms with Crippen molar-refractivity contribution in [2.75, 3.05) is 0 Å². The van der Waals surface area contributed by atoms with Crippen LogP contribution in [0.2, 0.25) is 0 Å². The van der Waals surface area contributed by atoms with E-state index >= 15 is 0 Å². The van der Waals surface area contributed by atoms with Crippen molar-refractivity contribution in [2.24, 2.45) is 16.2 Å². The summed E-state index contributed by atoms with van der Waals surface area (Å²) in [6, 6.07) is 0. The first-order valence-electron chi connectivity index (χ1n) is 9.49. The Morgan fingerprint density at radius 2 is 0.600 bits per heavy atom. The standard InChI is InChI=1S/3C7H16O.CH4/c3*1-5-6(8)7(2,3)4;/h3*6,8H,5H2,1-4H3;1H4/t2*6-;;/m10../s1. The van der Waals surface area contributed by atoms with Gasteiger partial charge in [-0.2, -0.15) is 0 Å². The summed E-state index contributed by atoms with van der Waals surface area (Å²) in [6.45, 7) is 24.4. The molecule has 0 fully saturated rings. The summed E-state index contributed by atoms with van der Waals surface area (Å²) < 4.78 is 0. The average molecular weight is 365 g/mol. The van der Waals surface area contributed by atoms with Crippen LogP contribution in [0.15, 0.2) is 0 Å². The van der Waals surface area contributed by atoms with E-state index in [-0.39, 0.29) is 42.0 Å². The number of aliphatic hydroxyl groups is 3. The molecule has 3 nitrogen and oxygen atoms in total. The molecule has 0 aromatic carbocycles. The molecule has 25 heavy (non-hydrogen) atoms. The van der Waals surface area contributed by atoms with E-state index in [1.807, 2.05) is 83.1 Å². The lowest BCUT2D eigenvalue weighted by Crippen LogP contribution is -2.24. The van der Waals surface area contributed by atoms with Crippen LogP contribution in [0.3, 0.4) is 0 Å². The third-order valence-electron chi connectivity index (χ3n) is 4.16. The van der Waals surface area contributed by atoms with Crippen molar-refractivity contribution in [3.63, 3.8) is 0 Å². The van der Waals surface area contributed by atoms with Gasteiger partial charge in [0.1, 0.15) is 0 Å². The predicted octanol–water partition coefficient (Wildman–Crippen LogP) is 6.05. The molecule has 0 aliphatic heterocycles. The summed E-state index contributed by atoms with van der Waals surface area (Å²) in [6.07, 6.45) is 2.10. The third kappa shape index (κ3) is 20.0. The van der Waals surface area contributed by atoms with Crippen LogP contribution in [0.1, 0.15) is 110 Å². The maximum absolute atomic E-state index is 9.19. The summed E-state index contributed by atoms with van der Waals surface area (Å²) >= 11 is 0. The minimum absolute atomic E-state index is 0. The van der Waals surface area contributed by atoms with Crippen molar-refractivity contribution in [1.82, 2.24) is 0 Å². The van der Waals surface area contributed by atoms with Gasteiger partial charge < -0.3 is 15.3 Å². The van der Waals surface area contributed by atoms with Crippen molar-refractivity contribution < 1.29 is 15.3 Å². The zero-order valence-electron chi connectivity index (χ0n) is 18.7. The Hall–Kier alpha value is -0.120. The van der Waals surface area contributed by atoms with E-state index in [4.69, 9.17) is 0 Å². The average Bonchev–Trinajstić information content (AvgIpc) is 2.42. The molecule has 0 bridgehead atoms. The van der Waals surface area contributed by atoms with Gasteiger partial charge in [-0.25, -0.2) is 0 Å². The molecule has 0 spiro atoms. The number of aliphatic hydroxyl groups excluding tert-OH is 3. The van der Waals surface area contributed by atoms with E-state index in [0.29, 0.717) is 0 Å². The maximum atomic E-state index is 9.19. The molecule has 0 radical (unpaired) electrons. The second-order valence-corrected chi connectivity index (χ2v) is 9.87. The molecule has 0 heterocycles. The topological polar surface area (TPSA) is 60.7 Å². The highest BCUT2D eigenvalue weighted by atomic mass is 16.3. The molecule has 158 valence electrons. The molecule has 0 aliphatic carbocycles. The number of hydrogen-bond acceptors (Lipinski definition) is 3. The van der Waals surface area contributed by atoms with Gasteiger partial charge in [0.05, 0.1) is 18.3 Å². The molecule has 3 atom stereocenters. The quantitative estimate of drug-likeness (QED) is 0.571. The normalized spacial score (nSPS) is 15.5. The lowest BCUT2D eigenvalue weighted by Gasteiger charge is -2.24. The monoisotopic (exact) mass is 364 g/mol. The predicted molar refractivity (Wildman–Crippen MR) is 114 cm³/mol. The number of hydrogen-bond donors (Lipinski definition) is 3. The van der Waals surface area contributed by atoms with Gasteiger partial charge >= 0.3 is 0 Å². The van der Waals surface area contributed by atoms with Gasteiger partial charge in [0, 0.05) is 0 Å². The van der Waals surface area contributed by atoms with Crippen molar-refractivity contribution >= 4 is 0 Å². The molecule has 0 saturated carbocycles. The summed E-state index contributed by atoms with van der Waals surface area (Å²) in [5.41, 5.74) is 0.193. The summed E-state index contributed by atoms with van der Waals surface area (Å²) in [5.74, 6) is 0. The second kappa shape index (κ2) is 14.0. The van der Waals surface area contributed by atoms with Crippen molar-refractivity contribution in [2.45, 2.75) is 128 Å². The Kier molecular flexibility index (Phi) is 18.2. The molecule has 1 unspecified atom stereocenters. The van der Waals surface area contributed by atoms with Crippen LogP contribution in [0, 0.1) is 16.2 Å². The van der Waals surface area contributed by atoms with Gasteiger partial charge in [-0.1, -0.05) is 90.5 Å². The lowest BCUT2D eigenvalue weighted by molar-refractivity contribution is 0.0600. The molecule has 3 N–H and O–H groups in total. The summed E-state index contributed by atoms with van der Waals surface area (Å²) in [4.78, 5) is 0. The molecule has 0 amide bonds. The van der Waals surface area contributed by atoms with Crippen LogP contribution in [-0.4, -0.2) is 33.6 Å². The van der Waals surface area contributed by atoms with Crippen molar-refractivity contribution in [3.8, 4) is 0 Å². The third-order valence-corrected chi connectivity index (χ3v) is 4.16. The highest BCUT2D eigenvalue weighted by molar-refractivity contribution is 4.71. The van der Waals surface area contributed by atoms with E-state index in [0.717, 1.165) is 19.3 Å². The van der Waals surface area contributed by atoms with Gasteiger partial charge in [0.15, 0.2) is 0 Å². The maximum Gasteiger partial charge on any atom is 0.0585 e. The molecular weight excluding hydrogens is 312 g/mol. The summed E-state index contributed by atoms with van der Waals surface area (Å²) in [5, 5.41) is 27.6. The van der Waals surface area contributed by atoms with E-state index in [9.17, 15) is 15.3 Å². The van der Waals surface area contributed by atoms with Gasteiger partial charge in [0.2, 0.25) is 0 Å². The van der Waals surface area contributed by atoms with E-state index in [1.54, 1.807) is 0 Å². The zero-order valence-corrected chi connectivity index (χ0v) is 18.7. The van der Waals surface area contributed by atoms with Crippen LogP contribution in [0.5, 0.6) is 0 Å². The molecule has 3 heteroatoms. The molecule has 0 saturated heterocycles. The van der Waals surface area contributed by atoms with Crippen LogP contribution in [-0.2, 0) is 0 Å². The highest BCUT2D eigenvalue weighted by Gasteiger charge is 2.20. The Morgan fingerprint density at radius 1 is 0.480 bits per heavy atom. The minimum atomic E-state index is -0.150. The zero-order chi connectivity index (χ0) is 20.4. The summed E-state index contributed by atoms with van der Waals surface area (Å²) in [7, 11) is 0. The van der Waals surface area contributed by atoms with Crippen LogP contribution < -0.4 is 0 Å². The minimum Gasteiger partial charge on any atom is -0.393 e. The van der Waals surface area contributed by atoms with Crippen LogP contribution in [0.25, 0.3) is 0 Å². The highest BCUT2D eigenvalue weighted by Crippen LogP contribution is 2.21. The van der Waals surface area contributed by atoms with E-state index < -0.39 is 0 Å². The Morgan fingerprint density at radius 3 is 0.600 bits per heavy atom. The van der Waals surface area contributed by atoms with Gasteiger partial charge in [-0.3, -0.25) is 0 Å². The fraction of sp³-hybridized carbons (Fsp3) is 1.00. The Bertz CT molecular complexity index is 232. The van der Waals surface area contributed by atoms with Crippen LogP contribution >= 0.6 is 0 Å². The smallest absolute Gasteiger partial charge is 0.0585 e. The fourth-order valence-corrected chi connectivity index (χ4v) is 1.84. The first-order chi connectivity index (χ1) is 10.4. The molecule has 0 aromatic rings. The Labute approximate surface area is 160 Å². The molecular formula is C22H52O3.